The molecule has 1 aromatic heterocycles. The van der Waals surface area contributed by atoms with Gasteiger partial charge in [-0.05, 0) is 40.8 Å². The van der Waals surface area contributed by atoms with Crippen LogP contribution in [0.25, 0.3) is 6.08 Å². The zero-order valence-electron chi connectivity index (χ0n) is 9.88. The van der Waals surface area contributed by atoms with E-state index >= 15 is 0 Å². The van der Waals surface area contributed by atoms with Crippen LogP contribution in [0.4, 0.5) is 4.39 Å². The normalized spacial score (nSPS) is 11.0. The van der Waals surface area contributed by atoms with Crippen molar-refractivity contribution in [2.45, 2.75) is 9.96 Å². The fraction of sp³-hybridized carbons (Fsp3) is 0.0714. The van der Waals surface area contributed by atoms with Gasteiger partial charge >= 0.3 is 5.97 Å². The number of carbonyl (C=O) groups is 1. The molecular formula is C14H11FO2S2. The van der Waals surface area contributed by atoms with E-state index in [1.54, 1.807) is 29.2 Å². The standard InChI is InChI=1S/C14H11FO2S2/c15-12-5-3-11(9-19-14-2-1-7-18-14)10(8-12)4-6-13(16)17/h1-8H,9H2,(H,16,17). The second-order valence-electron chi connectivity index (χ2n) is 3.74. The van der Waals surface area contributed by atoms with Gasteiger partial charge in [0.1, 0.15) is 5.82 Å². The van der Waals surface area contributed by atoms with E-state index in [0.717, 1.165) is 11.6 Å². The molecule has 0 unspecified atom stereocenters. The van der Waals surface area contributed by atoms with Gasteiger partial charge in [-0.1, -0.05) is 12.1 Å². The van der Waals surface area contributed by atoms with Crippen molar-refractivity contribution in [1.82, 2.24) is 0 Å². The van der Waals surface area contributed by atoms with Gasteiger partial charge in [0.05, 0.1) is 4.21 Å². The summed E-state index contributed by atoms with van der Waals surface area (Å²) in [5.74, 6) is -0.726. The third kappa shape index (κ3) is 4.22. The highest BCUT2D eigenvalue weighted by molar-refractivity contribution is 8.00. The van der Waals surface area contributed by atoms with Crippen molar-refractivity contribution in [3.8, 4) is 0 Å². The van der Waals surface area contributed by atoms with Crippen LogP contribution >= 0.6 is 23.1 Å². The smallest absolute Gasteiger partial charge is 0.328 e. The average Bonchev–Trinajstić information content (AvgIpc) is 2.88. The Morgan fingerprint density at radius 2 is 2.26 bits per heavy atom. The number of carboxylic acids is 1. The predicted molar refractivity (Wildman–Crippen MR) is 76.9 cm³/mol. The summed E-state index contributed by atoms with van der Waals surface area (Å²) in [6.07, 6.45) is 2.45. The van der Waals surface area contributed by atoms with Crippen LogP contribution in [0.5, 0.6) is 0 Å². The lowest BCUT2D eigenvalue weighted by Gasteiger charge is -2.05. The average molecular weight is 294 g/mol. The molecule has 0 saturated carbocycles. The first-order chi connectivity index (χ1) is 9.15. The van der Waals surface area contributed by atoms with Crippen molar-refractivity contribution >= 4 is 35.1 Å². The number of carboxylic acid groups (broad SMARTS) is 1. The van der Waals surface area contributed by atoms with Gasteiger partial charge in [0, 0.05) is 11.8 Å². The van der Waals surface area contributed by atoms with Gasteiger partial charge in [-0.15, -0.1) is 23.1 Å². The topological polar surface area (TPSA) is 37.3 Å². The molecular weight excluding hydrogens is 283 g/mol. The maximum absolute atomic E-state index is 13.2. The minimum Gasteiger partial charge on any atom is -0.478 e. The summed E-state index contributed by atoms with van der Waals surface area (Å²) in [6.45, 7) is 0. The minimum absolute atomic E-state index is 0.366. The molecule has 19 heavy (non-hydrogen) atoms. The van der Waals surface area contributed by atoms with Crippen LogP contribution in [0.2, 0.25) is 0 Å². The Morgan fingerprint density at radius 1 is 1.42 bits per heavy atom. The van der Waals surface area contributed by atoms with E-state index in [4.69, 9.17) is 5.11 Å². The fourth-order valence-electron chi connectivity index (χ4n) is 1.51. The molecule has 0 aliphatic heterocycles. The van der Waals surface area contributed by atoms with Crippen LogP contribution in [-0.2, 0) is 10.5 Å². The van der Waals surface area contributed by atoms with Crippen LogP contribution in [-0.4, -0.2) is 11.1 Å². The Labute approximate surface area is 118 Å². The lowest BCUT2D eigenvalue weighted by atomic mass is 10.1. The summed E-state index contributed by atoms with van der Waals surface area (Å²) in [5.41, 5.74) is 1.52. The van der Waals surface area contributed by atoms with E-state index in [-0.39, 0.29) is 5.82 Å². The number of hydrogen-bond acceptors (Lipinski definition) is 3. The molecule has 0 saturated heterocycles. The van der Waals surface area contributed by atoms with Gasteiger partial charge in [0.15, 0.2) is 0 Å². The van der Waals surface area contributed by atoms with Gasteiger partial charge in [-0.25, -0.2) is 9.18 Å². The zero-order chi connectivity index (χ0) is 13.7. The van der Waals surface area contributed by atoms with E-state index in [9.17, 15) is 9.18 Å². The summed E-state index contributed by atoms with van der Waals surface area (Å²) in [5, 5.41) is 10.6. The third-order valence-electron chi connectivity index (χ3n) is 2.38. The Kier molecular flexibility index (Phi) is 4.76. The summed E-state index contributed by atoms with van der Waals surface area (Å²) in [4.78, 5) is 10.5. The molecule has 5 heteroatoms. The molecule has 0 radical (unpaired) electrons. The number of thioether (sulfide) groups is 1. The molecule has 0 aliphatic rings. The molecule has 0 bridgehead atoms. The molecule has 1 N–H and O–H groups in total. The summed E-state index contributed by atoms with van der Waals surface area (Å²) in [6, 6.07) is 8.43. The number of thiophene rings is 1. The molecule has 1 heterocycles. The molecule has 0 fully saturated rings. The summed E-state index contributed by atoms with van der Waals surface area (Å²) in [7, 11) is 0. The summed E-state index contributed by atoms with van der Waals surface area (Å²) < 4.78 is 14.4. The molecule has 0 amide bonds. The largest absolute Gasteiger partial charge is 0.478 e. The van der Waals surface area contributed by atoms with Crippen molar-refractivity contribution < 1.29 is 14.3 Å². The molecule has 1 aromatic carbocycles. The number of benzene rings is 1. The highest BCUT2D eigenvalue weighted by atomic mass is 32.2. The Bertz CT molecular complexity index is 591. The number of hydrogen-bond donors (Lipinski definition) is 1. The quantitative estimate of drug-likeness (QED) is 0.660. The maximum atomic E-state index is 13.2. The molecule has 2 nitrogen and oxygen atoms in total. The van der Waals surface area contributed by atoms with Crippen molar-refractivity contribution in [1.29, 1.82) is 0 Å². The van der Waals surface area contributed by atoms with Gasteiger partial charge in [0.25, 0.3) is 0 Å². The first kappa shape index (κ1) is 13.8. The highest BCUT2D eigenvalue weighted by Crippen LogP contribution is 2.28. The second kappa shape index (κ2) is 6.54. The van der Waals surface area contributed by atoms with Crippen LogP contribution in [0.3, 0.4) is 0 Å². The van der Waals surface area contributed by atoms with Crippen LogP contribution < -0.4 is 0 Å². The van der Waals surface area contributed by atoms with E-state index in [0.29, 0.717) is 11.3 Å². The molecule has 0 spiro atoms. The van der Waals surface area contributed by atoms with Crippen molar-refractivity contribution in [3.63, 3.8) is 0 Å². The Morgan fingerprint density at radius 3 is 2.95 bits per heavy atom. The van der Waals surface area contributed by atoms with Crippen LogP contribution in [0.15, 0.2) is 46.0 Å². The van der Waals surface area contributed by atoms with Crippen molar-refractivity contribution in [2.24, 2.45) is 0 Å². The fourth-order valence-corrected chi connectivity index (χ4v) is 3.31. The van der Waals surface area contributed by atoms with Crippen LogP contribution in [0.1, 0.15) is 11.1 Å². The highest BCUT2D eigenvalue weighted by Gasteiger charge is 2.04. The number of halogens is 1. The molecule has 98 valence electrons. The first-order valence-electron chi connectivity index (χ1n) is 5.51. The Balaban J connectivity index is 2.16. The van der Waals surface area contributed by atoms with Gasteiger partial charge in [0.2, 0.25) is 0 Å². The number of aliphatic carboxylic acids is 1. The van der Waals surface area contributed by atoms with Crippen LogP contribution in [0, 0.1) is 5.82 Å². The predicted octanol–water partition coefficient (Wildman–Crippen LogP) is 4.28. The minimum atomic E-state index is -1.04. The first-order valence-corrected chi connectivity index (χ1v) is 7.37. The Hall–Kier alpha value is -1.59. The number of rotatable bonds is 5. The second-order valence-corrected chi connectivity index (χ2v) is 5.96. The third-order valence-corrected chi connectivity index (χ3v) is 4.56. The summed E-state index contributed by atoms with van der Waals surface area (Å²) >= 11 is 3.30. The van der Waals surface area contributed by atoms with E-state index in [2.05, 4.69) is 0 Å². The lowest BCUT2D eigenvalue weighted by Crippen LogP contribution is -1.91. The van der Waals surface area contributed by atoms with E-state index in [1.165, 1.54) is 22.4 Å². The van der Waals surface area contributed by atoms with Crippen molar-refractivity contribution in [2.75, 3.05) is 0 Å². The van der Waals surface area contributed by atoms with Crippen molar-refractivity contribution in [3.05, 3.63) is 58.7 Å². The van der Waals surface area contributed by atoms with Gasteiger partial charge < -0.3 is 5.11 Å². The monoisotopic (exact) mass is 294 g/mol. The van der Waals surface area contributed by atoms with Gasteiger partial charge in [-0.2, -0.15) is 0 Å². The maximum Gasteiger partial charge on any atom is 0.328 e. The molecule has 2 rings (SSSR count). The molecule has 2 aromatic rings. The van der Waals surface area contributed by atoms with E-state index in [1.807, 2.05) is 17.5 Å². The zero-order valence-corrected chi connectivity index (χ0v) is 11.5. The van der Waals surface area contributed by atoms with Gasteiger partial charge in [-0.3, -0.25) is 0 Å². The molecule has 0 aliphatic carbocycles. The van der Waals surface area contributed by atoms with E-state index < -0.39 is 5.97 Å². The SMILES string of the molecule is O=C(O)C=Cc1cc(F)ccc1CSc1cccs1. The molecule has 0 atom stereocenters. The lowest BCUT2D eigenvalue weighted by molar-refractivity contribution is -0.131.